The standard InChI is InChI=1S/C12H15NO/c1-9-4-5-12-10(6-9)7-11(14-12)8-13(2)3/h4-7H,8H2,1-3H3. The largest absolute Gasteiger partial charge is 0.460 e. The molecule has 2 heteroatoms. The van der Waals surface area contributed by atoms with Crippen LogP contribution in [0.25, 0.3) is 11.0 Å². The van der Waals surface area contributed by atoms with E-state index in [0.29, 0.717) is 0 Å². The van der Waals surface area contributed by atoms with E-state index in [2.05, 4.69) is 30.0 Å². The molecule has 0 bridgehead atoms. The molecule has 2 rings (SSSR count). The molecular formula is C12H15NO. The lowest BCUT2D eigenvalue weighted by Gasteiger charge is -2.04. The van der Waals surface area contributed by atoms with Gasteiger partial charge in [-0.05, 0) is 39.2 Å². The summed E-state index contributed by atoms with van der Waals surface area (Å²) in [6, 6.07) is 8.37. The third-order valence-electron chi connectivity index (χ3n) is 2.19. The van der Waals surface area contributed by atoms with Gasteiger partial charge in [-0.3, -0.25) is 0 Å². The lowest BCUT2D eigenvalue weighted by molar-refractivity contribution is 0.358. The minimum absolute atomic E-state index is 0.855. The normalized spacial score (nSPS) is 11.4. The van der Waals surface area contributed by atoms with Crippen LogP contribution in [-0.4, -0.2) is 19.0 Å². The molecule has 1 heterocycles. The molecule has 74 valence electrons. The number of hydrogen-bond donors (Lipinski definition) is 0. The number of benzene rings is 1. The zero-order chi connectivity index (χ0) is 10.1. The predicted molar refractivity (Wildman–Crippen MR) is 58.3 cm³/mol. The number of fused-ring (bicyclic) bond motifs is 1. The fraction of sp³-hybridized carbons (Fsp3) is 0.333. The molecule has 0 unspecified atom stereocenters. The molecule has 2 aromatic rings. The van der Waals surface area contributed by atoms with Gasteiger partial charge in [0.25, 0.3) is 0 Å². The first-order valence-electron chi connectivity index (χ1n) is 4.79. The summed E-state index contributed by atoms with van der Waals surface area (Å²) in [5.74, 6) is 1.02. The Hall–Kier alpha value is -1.28. The van der Waals surface area contributed by atoms with E-state index in [-0.39, 0.29) is 0 Å². The molecule has 0 amide bonds. The van der Waals surface area contributed by atoms with Gasteiger partial charge >= 0.3 is 0 Å². The van der Waals surface area contributed by atoms with Crippen molar-refractivity contribution in [1.82, 2.24) is 4.90 Å². The maximum atomic E-state index is 5.69. The van der Waals surface area contributed by atoms with E-state index in [9.17, 15) is 0 Å². The quantitative estimate of drug-likeness (QED) is 0.722. The first-order chi connectivity index (χ1) is 6.65. The average molecular weight is 189 g/mol. The van der Waals surface area contributed by atoms with E-state index < -0.39 is 0 Å². The van der Waals surface area contributed by atoms with Crippen LogP contribution in [0.3, 0.4) is 0 Å². The highest BCUT2D eigenvalue weighted by Gasteiger charge is 2.04. The summed E-state index contributed by atoms with van der Waals surface area (Å²) >= 11 is 0. The number of aryl methyl sites for hydroxylation is 1. The molecule has 0 aliphatic heterocycles. The summed E-state index contributed by atoms with van der Waals surface area (Å²) in [4.78, 5) is 2.10. The van der Waals surface area contributed by atoms with E-state index in [1.165, 1.54) is 10.9 Å². The second-order valence-corrected chi connectivity index (χ2v) is 3.99. The highest BCUT2D eigenvalue weighted by atomic mass is 16.3. The number of rotatable bonds is 2. The van der Waals surface area contributed by atoms with Crippen molar-refractivity contribution in [2.24, 2.45) is 0 Å². The van der Waals surface area contributed by atoms with E-state index in [4.69, 9.17) is 4.42 Å². The average Bonchev–Trinajstić information content (AvgIpc) is 2.44. The molecule has 1 aromatic carbocycles. The van der Waals surface area contributed by atoms with E-state index in [0.717, 1.165) is 17.9 Å². The molecule has 0 aliphatic rings. The van der Waals surface area contributed by atoms with Crippen LogP contribution in [0.2, 0.25) is 0 Å². The Morgan fingerprint density at radius 1 is 1.21 bits per heavy atom. The number of furan rings is 1. The van der Waals surface area contributed by atoms with Crippen molar-refractivity contribution in [2.45, 2.75) is 13.5 Å². The highest BCUT2D eigenvalue weighted by molar-refractivity contribution is 5.78. The summed E-state index contributed by atoms with van der Waals surface area (Å²) in [5.41, 5.74) is 2.25. The smallest absolute Gasteiger partial charge is 0.134 e. The summed E-state index contributed by atoms with van der Waals surface area (Å²) in [5, 5.41) is 1.20. The van der Waals surface area contributed by atoms with Crippen LogP contribution in [0.5, 0.6) is 0 Å². The van der Waals surface area contributed by atoms with Crippen molar-refractivity contribution in [3.05, 3.63) is 35.6 Å². The van der Waals surface area contributed by atoms with Crippen molar-refractivity contribution in [3.8, 4) is 0 Å². The van der Waals surface area contributed by atoms with Gasteiger partial charge in [0.2, 0.25) is 0 Å². The molecular weight excluding hydrogens is 174 g/mol. The Kier molecular flexibility index (Phi) is 2.30. The maximum absolute atomic E-state index is 5.69. The fourth-order valence-electron chi connectivity index (χ4n) is 1.61. The second-order valence-electron chi connectivity index (χ2n) is 3.99. The van der Waals surface area contributed by atoms with Crippen LogP contribution in [0, 0.1) is 6.92 Å². The summed E-state index contributed by atoms with van der Waals surface area (Å²) in [6.07, 6.45) is 0. The Balaban J connectivity index is 2.41. The molecule has 0 radical (unpaired) electrons. The van der Waals surface area contributed by atoms with Crippen molar-refractivity contribution in [1.29, 1.82) is 0 Å². The SMILES string of the molecule is Cc1ccc2oc(CN(C)C)cc2c1. The molecule has 0 N–H and O–H groups in total. The van der Waals surface area contributed by atoms with E-state index >= 15 is 0 Å². The van der Waals surface area contributed by atoms with Gasteiger partial charge in [0.1, 0.15) is 11.3 Å². The van der Waals surface area contributed by atoms with Crippen LogP contribution in [0.4, 0.5) is 0 Å². The summed E-state index contributed by atoms with van der Waals surface area (Å²) < 4.78 is 5.69. The lowest BCUT2D eigenvalue weighted by atomic mass is 10.2. The van der Waals surface area contributed by atoms with Gasteiger partial charge in [0, 0.05) is 5.39 Å². The molecule has 1 aromatic heterocycles. The first-order valence-corrected chi connectivity index (χ1v) is 4.79. The molecule has 0 saturated carbocycles. The van der Waals surface area contributed by atoms with Gasteiger partial charge in [-0.25, -0.2) is 0 Å². The first kappa shape index (κ1) is 9.28. The van der Waals surface area contributed by atoms with Crippen LogP contribution < -0.4 is 0 Å². The van der Waals surface area contributed by atoms with Crippen LogP contribution in [0.15, 0.2) is 28.7 Å². The summed E-state index contributed by atoms with van der Waals surface area (Å²) in [6.45, 7) is 2.95. The Bertz CT molecular complexity index is 443. The zero-order valence-electron chi connectivity index (χ0n) is 8.87. The molecule has 0 aliphatic carbocycles. The van der Waals surface area contributed by atoms with Gasteiger partial charge in [-0.2, -0.15) is 0 Å². The lowest BCUT2D eigenvalue weighted by Crippen LogP contribution is -2.09. The van der Waals surface area contributed by atoms with Crippen molar-refractivity contribution in [2.75, 3.05) is 14.1 Å². The molecule has 0 atom stereocenters. The minimum Gasteiger partial charge on any atom is -0.460 e. The third-order valence-corrected chi connectivity index (χ3v) is 2.19. The molecule has 0 spiro atoms. The van der Waals surface area contributed by atoms with Crippen LogP contribution in [-0.2, 0) is 6.54 Å². The highest BCUT2D eigenvalue weighted by Crippen LogP contribution is 2.20. The van der Waals surface area contributed by atoms with Crippen LogP contribution in [0.1, 0.15) is 11.3 Å². The van der Waals surface area contributed by atoms with Crippen molar-refractivity contribution in [3.63, 3.8) is 0 Å². The number of hydrogen-bond acceptors (Lipinski definition) is 2. The molecule has 14 heavy (non-hydrogen) atoms. The minimum atomic E-state index is 0.855. The fourth-order valence-corrected chi connectivity index (χ4v) is 1.61. The third kappa shape index (κ3) is 1.80. The Labute approximate surface area is 84.1 Å². The Morgan fingerprint density at radius 2 is 2.00 bits per heavy atom. The molecule has 0 saturated heterocycles. The van der Waals surface area contributed by atoms with Gasteiger partial charge in [-0.15, -0.1) is 0 Å². The van der Waals surface area contributed by atoms with Crippen molar-refractivity contribution < 1.29 is 4.42 Å². The number of nitrogens with zero attached hydrogens (tertiary/aromatic N) is 1. The van der Waals surface area contributed by atoms with E-state index in [1.807, 2.05) is 20.2 Å². The topological polar surface area (TPSA) is 16.4 Å². The summed E-state index contributed by atoms with van der Waals surface area (Å²) in [7, 11) is 4.08. The van der Waals surface area contributed by atoms with Gasteiger partial charge in [0.15, 0.2) is 0 Å². The maximum Gasteiger partial charge on any atom is 0.134 e. The zero-order valence-corrected chi connectivity index (χ0v) is 8.87. The second kappa shape index (κ2) is 3.46. The van der Waals surface area contributed by atoms with Gasteiger partial charge in [-0.1, -0.05) is 11.6 Å². The molecule has 0 fully saturated rings. The van der Waals surface area contributed by atoms with Gasteiger partial charge < -0.3 is 9.32 Å². The van der Waals surface area contributed by atoms with Crippen molar-refractivity contribution >= 4 is 11.0 Å². The molecule has 2 nitrogen and oxygen atoms in total. The monoisotopic (exact) mass is 189 g/mol. The van der Waals surface area contributed by atoms with Crippen LogP contribution >= 0.6 is 0 Å². The van der Waals surface area contributed by atoms with E-state index in [1.54, 1.807) is 0 Å². The Morgan fingerprint density at radius 3 is 2.71 bits per heavy atom. The van der Waals surface area contributed by atoms with Gasteiger partial charge in [0.05, 0.1) is 6.54 Å². The predicted octanol–water partition coefficient (Wildman–Crippen LogP) is 2.80.